The molecule has 1 aromatic heterocycles. The number of aromatic nitrogens is 1. The van der Waals surface area contributed by atoms with E-state index in [1.165, 1.54) is 16.4 Å². The summed E-state index contributed by atoms with van der Waals surface area (Å²) in [5.74, 6) is -0.354. The minimum atomic E-state index is -3.63. The number of carboxylic acids is 1. The van der Waals surface area contributed by atoms with Crippen LogP contribution in [0.1, 0.15) is 23.7 Å². The van der Waals surface area contributed by atoms with Crippen molar-refractivity contribution in [1.29, 1.82) is 0 Å². The van der Waals surface area contributed by atoms with E-state index < -0.39 is 16.0 Å². The van der Waals surface area contributed by atoms with Crippen molar-refractivity contribution in [1.82, 2.24) is 9.29 Å². The Kier molecular flexibility index (Phi) is 4.66. The predicted octanol–water partition coefficient (Wildman–Crippen LogP) is 1.30. The average molecular weight is 316 g/mol. The van der Waals surface area contributed by atoms with Crippen LogP contribution >= 0.6 is 11.8 Å². The third kappa shape index (κ3) is 3.13. The molecule has 0 saturated carbocycles. The zero-order valence-corrected chi connectivity index (χ0v) is 12.7. The standard InChI is InChI=1S/C12H16N2O4S2/c1-2-10-8-14(5-6-19-10)20(17,18)11-4-3-9(7-13-11)12(15)16/h3-4,7,10H,2,5-6,8H2,1H3,(H,15,16). The van der Waals surface area contributed by atoms with E-state index in [0.717, 1.165) is 18.4 Å². The molecule has 0 radical (unpaired) electrons. The van der Waals surface area contributed by atoms with E-state index in [1.807, 2.05) is 6.92 Å². The van der Waals surface area contributed by atoms with E-state index in [0.29, 0.717) is 18.3 Å². The summed E-state index contributed by atoms with van der Waals surface area (Å²) >= 11 is 1.78. The van der Waals surface area contributed by atoms with Crippen LogP contribution in [0, 0.1) is 0 Å². The third-order valence-corrected chi connectivity index (χ3v) is 6.30. The first kappa shape index (κ1) is 15.3. The summed E-state index contributed by atoms with van der Waals surface area (Å²) in [6.45, 7) is 2.98. The Morgan fingerprint density at radius 2 is 2.30 bits per heavy atom. The van der Waals surface area contributed by atoms with Crippen LogP contribution in [0.25, 0.3) is 0 Å². The molecule has 0 aliphatic carbocycles. The van der Waals surface area contributed by atoms with Gasteiger partial charge in [0.25, 0.3) is 10.0 Å². The fraction of sp³-hybridized carbons (Fsp3) is 0.500. The van der Waals surface area contributed by atoms with Crippen LogP contribution in [0.3, 0.4) is 0 Å². The molecule has 0 aromatic carbocycles. The van der Waals surface area contributed by atoms with E-state index in [9.17, 15) is 13.2 Å². The van der Waals surface area contributed by atoms with Crippen molar-refractivity contribution >= 4 is 27.8 Å². The molecule has 110 valence electrons. The first-order valence-corrected chi connectivity index (χ1v) is 8.75. The van der Waals surface area contributed by atoms with Crippen LogP contribution < -0.4 is 0 Å². The second-order valence-electron chi connectivity index (χ2n) is 4.45. The number of hydrogen-bond acceptors (Lipinski definition) is 5. The Morgan fingerprint density at radius 3 is 2.85 bits per heavy atom. The molecule has 2 heterocycles. The van der Waals surface area contributed by atoms with Crippen molar-refractivity contribution in [3.63, 3.8) is 0 Å². The third-order valence-electron chi connectivity index (χ3n) is 3.14. The molecule has 0 amide bonds. The lowest BCUT2D eigenvalue weighted by molar-refractivity contribution is 0.0696. The summed E-state index contributed by atoms with van der Waals surface area (Å²) in [7, 11) is -3.63. The monoisotopic (exact) mass is 316 g/mol. The molecular formula is C12H16N2O4S2. The summed E-state index contributed by atoms with van der Waals surface area (Å²) in [6.07, 6.45) is 1.99. The highest BCUT2D eigenvalue weighted by atomic mass is 32.2. The van der Waals surface area contributed by atoms with E-state index in [4.69, 9.17) is 5.11 Å². The number of hydrogen-bond donors (Lipinski definition) is 1. The van der Waals surface area contributed by atoms with Gasteiger partial charge in [-0.05, 0) is 18.6 Å². The minimum Gasteiger partial charge on any atom is -0.478 e. The largest absolute Gasteiger partial charge is 0.478 e. The summed E-state index contributed by atoms with van der Waals surface area (Å²) in [5.41, 5.74) is -0.0235. The molecule has 8 heteroatoms. The molecule has 2 rings (SSSR count). The number of nitrogens with zero attached hydrogens (tertiary/aromatic N) is 2. The SMILES string of the molecule is CCC1CN(S(=O)(=O)c2ccc(C(=O)O)cn2)CCS1. The van der Waals surface area contributed by atoms with Crippen molar-refractivity contribution in [2.24, 2.45) is 0 Å². The second kappa shape index (κ2) is 6.11. The molecule has 1 aromatic rings. The summed E-state index contributed by atoms with van der Waals surface area (Å²) in [4.78, 5) is 14.5. The Balaban J connectivity index is 2.23. The van der Waals surface area contributed by atoms with Gasteiger partial charge in [-0.15, -0.1) is 0 Å². The average Bonchev–Trinajstić information content (AvgIpc) is 2.47. The number of thioether (sulfide) groups is 1. The van der Waals surface area contributed by atoms with Crippen LogP contribution in [-0.4, -0.2) is 52.9 Å². The predicted molar refractivity (Wildman–Crippen MR) is 76.5 cm³/mol. The molecule has 1 aliphatic heterocycles. The Morgan fingerprint density at radius 1 is 1.55 bits per heavy atom. The van der Waals surface area contributed by atoms with E-state index in [-0.39, 0.29) is 10.6 Å². The minimum absolute atomic E-state index is 0.0235. The highest BCUT2D eigenvalue weighted by molar-refractivity contribution is 8.00. The Labute approximate surface area is 122 Å². The summed E-state index contributed by atoms with van der Waals surface area (Å²) in [6, 6.07) is 2.51. The zero-order valence-electron chi connectivity index (χ0n) is 11.0. The summed E-state index contributed by atoms with van der Waals surface area (Å²) in [5, 5.41) is 9.00. The quantitative estimate of drug-likeness (QED) is 0.901. The van der Waals surface area contributed by atoms with Gasteiger partial charge < -0.3 is 5.11 Å². The molecule has 0 bridgehead atoms. The fourth-order valence-corrected chi connectivity index (χ4v) is 4.74. The zero-order chi connectivity index (χ0) is 14.8. The van der Waals surface area contributed by atoms with Gasteiger partial charge in [-0.3, -0.25) is 0 Å². The molecule has 1 fully saturated rings. The van der Waals surface area contributed by atoms with Gasteiger partial charge in [-0.25, -0.2) is 18.2 Å². The van der Waals surface area contributed by atoms with Gasteiger partial charge in [-0.1, -0.05) is 6.92 Å². The molecule has 1 atom stereocenters. The highest BCUT2D eigenvalue weighted by Crippen LogP contribution is 2.25. The molecule has 1 saturated heterocycles. The molecule has 6 nitrogen and oxygen atoms in total. The van der Waals surface area contributed by atoms with Gasteiger partial charge in [0.05, 0.1) is 5.56 Å². The number of aromatic carboxylic acids is 1. The van der Waals surface area contributed by atoms with Gasteiger partial charge in [-0.2, -0.15) is 16.1 Å². The van der Waals surface area contributed by atoms with Crippen LogP contribution in [0.15, 0.2) is 23.4 Å². The molecule has 1 N–H and O–H groups in total. The van der Waals surface area contributed by atoms with Crippen LogP contribution in [0.4, 0.5) is 0 Å². The molecule has 20 heavy (non-hydrogen) atoms. The van der Waals surface area contributed by atoms with Gasteiger partial charge in [0.15, 0.2) is 5.03 Å². The van der Waals surface area contributed by atoms with Crippen molar-refractivity contribution in [3.05, 3.63) is 23.9 Å². The van der Waals surface area contributed by atoms with Crippen molar-refractivity contribution in [2.45, 2.75) is 23.6 Å². The molecular weight excluding hydrogens is 300 g/mol. The van der Waals surface area contributed by atoms with Crippen molar-refractivity contribution in [3.8, 4) is 0 Å². The first-order chi connectivity index (χ1) is 9.45. The van der Waals surface area contributed by atoms with E-state index >= 15 is 0 Å². The summed E-state index contributed by atoms with van der Waals surface area (Å²) < 4.78 is 26.3. The fourth-order valence-electron chi connectivity index (χ4n) is 1.95. The van der Waals surface area contributed by atoms with Crippen molar-refractivity contribution in [2.75, 3.05) is 18.8 Å². The number of pyridine rings is 1. The van der Waals surface area contributed by atoms with E-state index in [1.54, 1.807) is 11.8 Å². The first-order valence-electron chi connectivity index (χ1n) is 6.26. The second-order valence-corrected chi connectivity index (χ2v) is 7.75. The maximum absolute atomic E-state index is 12.4. The number of carbonyl (C=O) groups is 1. The number of carboxylic acid groups (broad SMARTS) is 1. The van der Waals surface area contributed by atoms with Crippen LogP contribution in [0.5, 0.6) is 0 Å². The normalized spacial score (nSPS) is 20.8. The Hall–Kier alpha value is -1.12. The maximum Gasteiger partial charge on any atom is 0.337 e. The lowest BCUT2D eigenvalue weighted by Gasteiger charge is -2.30. The molecule has 1 aliphatic rings. The molecule has 1 unspecified atom stereocenters. The number of sulfonamides is 1. The number of rotatable bonds is 4. The van der Waals surface area contributed by atoms with Gasteiger partial charge in [0, 0.05) is 30.3 Å². The maximum atomic E-state index is 12.4. The topological polar surface area (TPSA) is 87.6 Å². The van der Waals surface area contributed by atoms with Gasteiger partial charge in [0.1, 0.15) is 0 Å². The van der Waals surface area contributed by atoms with Gasteiger partial charge >= 0.3 is 5.97 Å². The van der Waals surface area contributed by atoms with Gasteiger partial charge in [0.2, 0.25) is 0 Å². The Bertz CT molecular complexity index is 586. The molecule has 0 spiro atoms. The van der Waals surface area contributed by atoms with Crippen LogP contribution in [-0.2, 0) is 10.0 Å². The lowest BCUT2D eigenvalue weighted by atomic mass is 10.3. The van der Waals surface area contributed by atoms with Crippen molar-refractivity contribution < 1.29 is 18.3 Å². The smallest absolute Gasteiger partial charge is 0.337 e. The van der Waals surface area contributed by atoms with E-state index in [2.05, 4.69) is 4.98 Å². The lowest BCUT2D eigenvalue weighted by Crippen LogP contribution is -2.41. The highest BCUT2D eigenvalue weighted by Gasteiger charge is 2.30. The van der Waals surface area contributed by atoms with Crippen LogP contribution in [0.2, 0.25) is 0 Å².